The first kappa shape index (κ1) is 30.9. The molecule has 1 heterocycles. The molecule has 3 aromatic rings. The molecule has 4 rings (SSSR count). The number of hydrogen-bond acceptors (Lipinski definition) is 7. The van der Waals surface area contributed by atoms with Crippen LogP contribution >= 0.6 is 35.3 Å². The minimum absolute atomic E-state index is 0.169. The van der Waals surface area contributed by atoms with E-state index in [2.05, 4.69) is 36.7 Å². The Hall–Kier alpha value is -3.08. The third kappa shape index (κ3) is 7.61. The van der Waals surface area contributed by atoms with Crippen molar-refractivity contribution < 1.29 is 19.1 Å². The third-order valence-corrected chi connectivity index (χ3v) is 9.71. The Morgan fingerprint density at radius 2 is 1.83 bits per heavy atom. The maximum atomic E-state index is 13.3. The van der Waals surface area contributed by atoms with Crippen LogP contribution < -0.4 is 20.7 Å². The van der Waals surface area contributed by atoms with Crippen LogP contribution in [0.5, 0.6) is 5.75 Å². The highest BCUT2D eigenvalue weighted by atomic mass is 32.2. The Labute approximate surface area is 255 Å². The van der Waals surface area contributed by atoms with E-state index in [1.54, 1.807) is 7.11 Å². The molecule has 2 atom stereocenters. The molecule has 7 nitrogen and oxygen atoms in total. The zero-order valence-corrected chi connectivity index (χ0v) is 26.7. The number of esters is 1. The smallest absolute Gasteiger partial charge is 0.341 e. The van der Waals surface area contributed by atoms with Gasteiger partial charge >= 0.3 is 5.97 Å². The molecule has 2 aromatic carbocycles. The summed E-state index contributed by atoms with van der Waals surface area (Å²) in [6.07, 6.45) is 2.73. The Morgan fingerprint density at radius 3 is 2.54 bits per heavy atom. The number of hydrogen-bond donors (Lipinski definition) is 3. The number of thiocarbonyl (C=S) groups is 1. The van der Waals surface area contributed by atoms with Crippen molar-refractivity contribution in [1.29, 1.82) is 0 Å². The van der Waals surface area contributed by atoms with Crippen molar-refractivity contribution in [2.45, 2.75) is 57.1 Å². The Balaban J connectivity index is 1.42. The number of amides is 1. The van der Waals surface area contributed by atoms with Gasteiger partial charge in [-0.15, -0.1) is 23.1 Å². The summed E-state index contributed by atoms with van der Waals surface area (Å²) < 4.78 is 10.5. The normalized spacial score (nSPS) is 15.3. The van der Waals surface area contributed by atoms with Crippen molar-refractivity contribution in [3.63, 3.8) is 0 Å². The maximum Gasteiger partial charge on any atom is 0.341 e. The lowest BCUT2D eigenvalue weighted by atomic mass is 9.72. The number of ether oxygens (including phenoxy) is 2. The average molecular weight is 612 g/mol. The van der Waals surface area contributed by atoms with E-state index in [1.807, 2.05) is 55.5 Å². The number of carbonyl (C=O) groups excluding carboxylic acids is 2. The van der Waals surface area contributed by atoms with E-state index in [1.165, 1.54) is 35.1 Å². The summed E-state index contributed by atoms with van der Waals surface area (Å²) in [5.74, 6) is 0.647. The molecule has 0 radical (unpaired) electrons. The van der Waals surface area contributed by atoms with E-state index >= 15 is 0 Å². The first-order valence-corrected chi connectivity index (χ1v) is 15.6. The van der Waals surface area contributed by atoms with Crippen molar-refractivity contribution in [3.05, 3.63) is 64.5 Å². The van der Waals surface area contributed by atoms with Gasteiger partial charge in [0.05, 0.1) is 30.7 Å². The second kappa shape index (κ2) is 13.3. The molecule has 0 saturated carbocycles. The van der Waals surface area contributed by atoms with Gasteiger partial charge in [-0.25, -0.2) is 4.79 Å². The fraction of sp³-hybridized carbons (Fsp3) is 0.387. The van der Waals surface area contributed by atoms with Crippen LogP contribution in [0.2, 0.25) is 0 Å². The van der Waals surface area contributed by atoms with Crippen LogP contribution in [-0.2, 0) is 22.4 Å². The number of nitrogens with one attached hydrogen (secondary N) is 3. The van der Waals surface area contributed by atoms with Crippen LogP contribution in [-0.4, -0.2) is 36.5 Å². The molecule has 10 heteroatoms. The van der Waals surface area contributed by atoms with Crippen LogP contribution in [0.15, 0.2) is 53.4 Å². The van der Waals surface area contributed by atoms with E-state index in [9.17, 15) is 9.59 Å². The highest BCUT2D eigenvalue weighted by molar-refractivity contribution is 8.00. The van der Waals surface area contributed by atoms with E-state index in [0.717, 1.165) is 41.1 Å². The molecule has 0 spiro atoms. The SMILES string of the molecule is COC(=O)c1c(NC(=O)C(C)Sc2cccc(NC(=S)Nc3ccccc3OC)c2)sc2c1CCC(C(C)(C)C)C2. The van der Waals surface area contributed by atoms with Gasteiger partial charge in [0, 0.05) is 15.5 Å². The molecule has 1 amide bonds. The van der Waals surface area contributed by atoms with Gasteiger partial charge in [0.2, 0.25) is 5.91 Å². The van der Waals surface area contributed by atoms with Crippen molar-refractivity contribution in [1.82, 2.24) is 0 Å². The lowest BCUT2D eigenvalue weighted by Crippen LogP contribution is -2.26. The van der Waals surface area contributed by atoms with Crippen molar-refractivity contribution in [2.75, 3.05) is 30.2 Å². The van der Waals surface area contributed by atoms with Gasteiger partial charge in [0.1, 0.15) is 10.8 Å². The largest absolute Gasteiger partial charge is 0.495 e. The number of carbonyl (C=O) groups is 2. The van der Waals surface area contributed by atoms with Gasteiger partial charge in [-0.2, -0.15) is 0 Å². The number of para-hydroxylation sites is 2. The summed E-state index contributed by atoms with van der Waals surface area (Å²) in [5, 5.41) is 9.99. The predicted molar refractivity (Wildman–Crippen MR) is 174 cm³/mol. The van der Waals surface area contributed by atoms with Crippen LogP contribution in [0.3, 0.4) is 0 Å². The first-order valence-electron chi connectivity index (χ1n) is 13.5. The molecular formula is C31H37N3O4S3. The van der Waals surface area contributed by atoms with Crippen LogP contribution in [0.4, 0.5) is 16.4 Å². The van der Waals surface area contributed by atoms with Gasteiger partial charge in [0.15, 0.2) is 5.11 Å². The Bertz CT molecular complexity index is 1430. The summed E-state index contributed by atoms with van der Waals surface area (Å²) >= 11 is 8.43. The van der Waals surface area contributed by atoms with Gasteiger partial charge < -0.3 is 25.4 Å². The molecule has 2 unspecified atom stereocenters. The molecule has 41 heavy (non-hydrogen) atoms. The fourth-order valence-corrected chi connectivity index (χ4v) is 7.35. The van der Waals surface area contributed by atoms with Gasteiger partial charge in [-0.05, 0) is 85.6 Å². The molecule has 1 aliphatic carbocycles. The number of benzene rings is 2. The summed E-state index contributed by atoms with van der Waals surface area (Å²) in [4.78, 5) is 28.1. The molecule has 1 aromatic heterocycles. The minimum Gasteiger partial charge on any atom is -0.495 e. The van der Waals surface area contributed by atoms with Crippen molar-refractivity contribution in [3.8, 4) is 5.75 Å². The Morgan fingerprint density at radius 1 is 1.07 bits per heavy atom. The number of methoxy groups -OCH3 is 2. The summed E-state index contributed by atoms with van der Waals surface area (Å²) in [6.45, 7) is 8.63. The summed E-state index contributed by atoms with van der Waals surface area (Å²) in [7, 11) is 3.00. The van der Waals surface area contributed by atoms with Gasteiger partial charge in [-0.3, -0.25) is 4.79 Å². The number of thiophene rings is 1. The highest BCUT2D eigenvalue weighted by Crippen LogP contribution is 2.44. The lowest BCUT2D eigenvalue weighted by molar-refractivity contribution is -0.115. The van der Waals surface area contributed by atoms with E-state index < -0.39 is 11.2 Å². The molecule has 0 bridgehead atoms. The highest BCUT2D eigenvalue weighted by Gasteiger charge is 2.34. The fourth-order valence-electron chi connectivity index (χ4n) is 4.88. The summed E-state index contributed by atoms with van der Waals surface area (Å²) in [6, 6.07) is 15.3. The topological polar surface area (TPSA) is 88.7 Å². The van der Waals surface area contributed by atoms with E-state index in [-0.39, 0.29) is 11.3 Å². The second-order valence-electron chi connectivity index (χ2n) is 11.1. The number of anilines is 3. The molecular weight excluding hydrogens is 575 g/mol. The number of fused-ring (bicyclic) bond motifs is 1. The molecule has 218 valence electrons. The van der Waals surface area contributed by atoms with Gasteiger partial charge in [0.25, 0.3) is 0 Å². The van der Waals surface area contributed by atoms with E-state index in [4.69, 9.17) is 21.7 Å². The zero-order valence-electron chi connectivity index (χ0n) is 24.3. The predicted octanol–water partition coefficient (Wildman–Crippen LogP) is 7.62. The maximum absolute atomic E-state index is 13.3. The van der Waals surface area contributed by atoms with Crippen molar-refractivity contribution in [2.24, 2.45) is 11.3 Å². The molecule has 3 N–H and O–H groups in total. The Kier molecular flexibility index (Phi) is 9.99. The van der Waals surface area contributed by atoms with Crippen LogP contribution in [0.25, 0.3) is 0 Å². The van der Waals surface area contributed by atoms with E-state index in [0.29, 0.717) is 27.3 Å². The quantitative estimate of drug-likeness (QED) is 0.136. The lowest BCUT2D eigenvalue weighted by Gasteiger charge is -2.33. The second-order valence-corrected chi connectivity index (χ2v) is 14.0. The zero-order chi connectivity index (χ0) is 29.7. The van der Waals surface area contributed by atoms with Crippen molar-refractivity contribution >= 4 is 68.7 Å². The molecule has 0 saturated heterocycles. The molecule has 1 aliphatic rings. The molecule has 0 fully saturated rings. The minimum atomic E-state index is -0.407. The van der Waals surface area contributed by atoms with Crippen LogP contribution in [0.1, 0.15) is 54.9 Å². The molecule has 0 aliphatic heterocycles. The third-order valence-electron chi connectivity index (χ3n) is 7.25. The monoisotopic (exact) mass is 611 g/mol. The number of thioether (sulfide) groups is 1. The first-order chi connectivity index (χ1) is 19.5. The summed E-state index contributed by atoms with van der Waals surface area (Å²) in [5.41, 5.74) is 3.27. The standard InChI is InChI=1S/C31H37N3O4S3/c1-18(40-21-11-9-10-20(17-21)32-30(39)33-23-12-7-8-13-24(23)37-5)27(35)34-28-26(29(36)38-6)22-15-14-19(31(2,3)4)16-25(22)41-28/h7-13,17-19H,14-16H2,1-6H3,(H,34,35)(H2,32,33,39). The average Bonchev–Trinajstić information content (AvgIpc) is 3.29. The number of rotatable bonds is 8. The van der Waals surface area contributed by atoms with Crippen LogP contribution in [0, 0.1) is 11.3 Å². The van der Waals surface area contributed by atoms with Gasteiger partial charge in [-0.1, -0.05) is 39.0 Å².